The van der Waals surface area contributed by atoms with Crippen LogP contribution in [0, 0.1) is 5.92 Å². The normalized spacial score (nSPS) is 12.4. The molecule has 1 heterocycles. The third-order valence-electron chi connectivity index (χ3n) is 5.50. The van der Waals surface area contributed by atoms with Crippen molar-refractivity contribution in [2.45, 2.75) is 45.2 Å². The molecule has 37 heavy (non-hydrogen) atoms. The minimum Gasteiger partial charge on any atom is -0.465 e. The van der Waals surface area contributed by atoms with E-state index in [2.05, 4.69) is 20.9 Å². The minimum absolute atomic E-state index is 0.0264. The molecule has 0 saturated heterocycles. The van der Waals surface area contributed by atoms with Gasteiger partial charge in [0.25, 0.3) is 11.8 Å². The summed E-state index contributed by atoms with van der Waals surface area (Å²) in [6, 6.07) is 16.1. The van der Waals surface area contributed by atoms with Crippen LogP contribution in [0.15, 0.2) is 71.3 Å². The third kappa shape index (κ3) is 8.31. The molecule has 2 unspecified atom stereocenters. The molecule has 0 fully saturated rings. The Hall–Kier alpha value is -4.47. The summed E-state index contributed by atoms with van der Waals surface area (Å²) < 4.78 is 5.31. The summed E-state index contributed by atoms with van der Waals surface area (Å²) in [5.41, 5.74) is 1.41. The van der Waals surface area contributed by atoms with Gasteiger partial charge in [0.15, 0.2) is 5.69 Å². The molecular formula is C27H30N4O6. The molecule has 0 aliphatic carbocycles. The number of oxazole rings is 1. The Balaban J connectivity index is 1.77. The van der Waals surface area contributed by atoms with Crippen LogP contribution in [0.3, 0.4) is 0 Å². The van der Waals surface area contributed by atoms with Gasteiger partial charge in [0.1, 0.15) is 12.3 Å². The number of hydrogen-bond donors (Lipinski definition) is 4. The lowest BCUT2D eigenvalue weighted by atomic mass is 9.99. The number of hydrogen-bond acceptors (Lipinski definition) is 6. The molecule has 0 aliphatic rings. The molecule has 10 heteroatoms. The second kappa shape index (κ2) is 13.0. The second-order valence-corrected chi connectivity index (χ2v) is 8.94. The molecule has 0 spiro atoms. The van der Waals surface area contributed by atoms with E-state index in [9.17, 15) is 19.2 Å². The largest absolute Gasteiger partial charge is 0.465 e. The van der Waals surface area contributed by atoms with Gasteiger partial charge in [-0.15, -0.1) is 0 Å². The van der Waals surface area contributed by atoms with E-state index in [0.29, 0.717) is 12.1 Å². The van der Waals surface area contributed by atoms with Crippen LogP contribution >= 0.6 is 0 Å². The Kier molecular flexibility index (Phi) is 9.54. The molecule has 0 aliphatic heterocycles. The predicted octanol–water partition coefficient (Wildman–Crippen LogP) is 3.91. The average Bonchev–Trinajstić information content (AvgIpc) is 3.37. The molecule has 3 rings (SSSR count). The highest BCUT2D eigenvalue weighted by Gasteiger charge is 2.30. The fourth-order valence-corrected chi connectivity index (χ4v) is 3.71. The number of Topliss-reactive ketones (excluding diaryl/α,β-unsaturated/α-hetero) is 1. The zero-order valence-corrected chi connectivity index (χ0v) is 20.6. The Morgan fingerprint density at radius 2 is 1.57 bits per heavy atom. The van der Waals surface area contributed by atoms with E-state index in [1.807, 2.05) is 50.2 Å². The quantitative estimate of drug-likeness (QED) is 0.272. The Bertz CT molecular complexity index is 1210. The van der Waals surface area contributed by atoms with Crippen molar-refractivity contribution in [1.29, 1.82) is 0 Å². The molecule has 3 aromatic rings. The summed E-state index contributed by atoms with van der Waals surface area (Å²) in [6.45, 7) is 3.72. The highest BCUT2D eigenvalue weighted by Crippen LogP contribution is 2.14. The van der Waals surface area contributed by atoms with Crippen LogP contribution in [0.4, 0.5) is 10.5 Å². The van der Waals surface area contributed by atoms with Crippen molar-refractivity contribution in [3.8, 4) is 0 Å². The van der Waals surface area contributed by atoms with Crippen molar-refractivity contribution >= 4 is 29.4 Å². The monoisotopic (exact) mass is 506 g/mol. The van der Waals surface area contributed by atoms with Crippen molar-refractivity contribution < 1.29 is 28.7 Å². The van der Waals surface area contributed by atoms with Crippen molar-refractivity contribution in [1.82, 2.24) is 15.6 Å². The molecule has 1 aromatic heterocycles. The van der Waals surface area contributed by atoms with Gasteiger partial charge in [-0.1, -0.05) is 62.4 Å². The van der Waals surface area contributed by atoms with Crippen LogP contribution < -0.4 is 16.0 Å². The number of nitrogens with zero attached hydrogens (tertiary/aromatic N) is 1. The first-order valence-electron chi connectivity index (χ1n) is 11.9. The number of carbonyl (C=O) groups excluding carboxylic acids is 3. The summed E-state index contributed by atoms with van der Waals surface area (Å²) in [4.78, 5) is 54.1. The number of amides is 3. The number of carboxylic acid groups (broad SMARTS) is 1. The SMILES string of the molecule is CC(C)CC(NC(=O)O)C(=O)NC(CCc1ccccc1)C(=O)c1nc(C(=O)Nc2ccccc2)co1. The molecule has 10 nitrogen and oxygen atoms in total. The summed E-state index contributed by atoms with van der Waals surface area (Å²) in [5, 5.41) is 16.7. The minimum atomic E-state index is -1.34. The molecule has 0 bridgehead atoms. The van der Waals surface area contributed by atoms with Crippen molar-refractivity contribution in [2.75, 3.05) is 5.32 Å². The lowest BCUT2D eigenvalue weighted by molar-refractivity contribution is -0.124. The fraction of sp³-hybridized carbons (Fsp3) is 0.296. The topological polar surface area (TPSA) is 151 Å². The van der Waals surface area contributed by atoms with Gasteiger partial charge in [-0.3, -0.25) is 14.4 Å². The number of nitrogens with one attached hydrogen (secondary N) is 3. The number of anilines is 1. The maximum absolute atomic E-state index is 13.3. The van der Waals surface area contributed by atoms with Gasteiger partial charge in [0, 0.05) is 5.69 Å². The van der Waals surface area contributed by atoms with Crippen molar-refractivity contribution in [3.05, 3.63) is 84.1 Å². The van der Waals surface area contributed by atoms with Gasteiger partial charge in [-0.25, -0.2) is 9.78 Å². The maximum Gasteiger partial charge on any atom is 0.405 e. The second-order valence-electron chi connectivity index (χ2n) is 8.94. The van der Waals surface area contributed by atoms with E-state index in [1.165, 1.54) is 0 Å². The van der Waals surface area contributed by atoms with Crippen LogP contribution in [0.2, 0.25) is 0 Å². The van der Waals surface area contributed by atoms with Gasteiger partial charge in [0.05, 0.1) is 6.04 Å². The molecule has 2 aromatic carbocycles. The van der Waals surface area contributed by atoms with E-state index in [4.69, 9.17) is 9.52 Å². The van der Waals surface area contributed by atoms with Crippen molar-refractivity contribution in [3.63, 3.8) is 0 Å². The van der Waals surface area contributed by atoms with E-state index in [0.717, 1.165) is 11.8 Å². The van der Waals surface area contributed by atoms with Crippen LogP contribution in [-0.4, -0.2) is 45.9 Å². The van der Waals surface area contributed by atoms with Crippen molar-refractivity contribution in [2.24, 2.45) is 5.92 Å². The lowest BCUT2D eigenvalue weighted by Gasteiger charge is -2.22. The van der Waals surface area contributed by atoms with Gasteiger partial charge in [-0.05, 0) is 42.9 Å². The zero-order chi connectivity index (χ0) is 26.8. The molecule has 0 radical (unpaired) electrons. The van der Waals surface area contributed by atoms with Crippen LogP contribution in [0.25, 0.3) is 0 Å². The third-order valence-corrected chi connectivity index (χ3v) is 5.50. The van der Waals surface area contributed by atoms with E-state index >= 15 is 0 Å². The Labute approximate surface area is 214 Å². The molecular weight excluding hydrogens is 476 g/mol. The maximum atomic E-state index is 13.3. The Morgan fingerprint density at radius 1 is 0.919 bits per heavy atom. The number of benzene rings is 2. The Morgan fingerprint density at radius 3 is 2.19 bits per heavy atom. The summed E-state index contributed by atoms with van der Waals surface area (Å²) in [5.74, 6) is -2.11. The number of aromatic nitrogens is 1. The van der Waals surface area contributed by atoms with Gasteiger partial charge in [-0.2, -0.15) is 0 Å². The fourth-order valence-electron chi connectivity index (χ4n) is 3.71. The van der Waals surface area contributed by atoms with E-state index < -0.39 is 35.8 Å². The summed E-state index contributed by atoms with van der Waals surface area (Å²) >= 11 is 0. The van der Waals surface area contributed by atoms with Crippen LogP contribution in [0.5, 0.6) is 0 Å². The lowest BCUT2D eigenvalue weighted by Crippen LogP contribution is -2.52. The first-order chi connectivity index (χ1) is 17.7. The van der Waals surface area contributed by atoms with Gasteiger partial charge >= 0.3 is 6.09 Å². The summed E-state index contributed by atoms with van der Waals surface area (Å²) in [6.07, 6.45) is 0.662. The molecule has 4 N–H and O–H groups in total. The number of aryl methyl sites for hydroxylation is 1. The van der Waals surface area contributed by atoms with Crippen LogP contribution in [0.1, 0.15) is 53.4 Å². The molecule has 3 amide bonds. The number of carbonyl (C=O) groups is 4. The van der Waals surface area contributed by atoms with Crippen LogP contribution in [-0.2, 0) is 11.2 Å². The zero-order valence-electron chi connectivity index (χ0n) is 20.6. The van der Waals surface area contributed by atoms with Gasteiger partial charge < -0.3 is 25.5 Å². The molecule has 0 saturated carbocycles. The highest BCUT2D eigenvalue weighted by atomic mass is 16.4. The first-order valence-corrected chi connectivity index (χ1v) is 11.9. The predicted molar refractivity (Wildman–Crippen MR) is 136 cm³/mol. The van der Waals surface area contributed by atoms with E-state index in [-0.39, 0.29) is 30.3 Å². The van der Waals surface area contributed by atoms with Gasteiger partial charge in [0.2, 0.25) is 11.7 Å². The summed E-state index contributed by atoms with van der Waals surface area (Å²) in [7, 11) is 0. The molecule has 2 atom stereocenters. The first kappa shape index (κ1) is 27.1. The number of ketones is 1. The number of para-hydroxylation sites is 1. The highest BCUT2D eigenvalue weighted by molar-refractivity contribution is 6.04. The standard InChI is InChI=1S/C27H30N4O6/c1-17(2)15-21(31-27(35)36)24(33)29-20(14-13-18-9-5-3-6-10-18)23(32)26-30-22(16-37-26)25(34)28-19-11-7-4-8-12-19/h3-12,16-17,20-21,31H,13-15H2,1-2H3,(H,28,34)(H,29,33)(H,35,36). The smallest absolute Gasteiger partial charge is 0.405 e. The van der Waals surface area contributed by atoms with E-state index in [1.54, 1.807) is 24.3 Å². The average molecular weight is 507 g/mol. The molecule has 194 valence electrons. The number of rotatable bonds is 12.